The van der Waals surface area contributed by atoms with Gasteiger partial charge >= 0.3 is 0 Å². The molecule has 0 saturated heterocycles. The SMILES string of the molecule is Cc1c(NC2CC3CCC2C3)c(=O)n(-c2ccccc2)n1C. The number of nitrogens with zero attached hydrogens (tertiary/aromatic N) is 2. The minimum absolute atomic E-state index is 0.0639. The summed E-state index contributed by atoms with van der Waals surface area (Å²) in [6.45, 7) is 2.02. The lowest BCUT2D eigenvalue weighted by molar-refractivity contribution is 0.439. The van der Waals surface area contributed by atoms with Gasteiger partial charge in [0.15, 0.2) is 0 Å². The number of anilines is 1. The molecule has 1 heterocycles. The van der Waals surface area contributed by atoms with Crippen molar-refractivity contribution in [2.24, 2.45) is 18.9 Å². The summed E-state index contributed by atoms with van der Waals surface area (Å²) in [7, 11) is 1.95. The standard InChI is InChI=1S/C18H23N3O/c1-12-17(19-16-11-13-8-9-14(16)10-13)18(22)21(20(12)2)15-6-4-3-5-7-15/h3-7,13-14,16,19H,8-11H2,1-2H3. The van der Waals surface area contributed by atoms with Gasteiger partial charge in [0, 0.05) is 13.1 Å². The van der Waals surface area contributed by atoms with Crippen LogP contribution in [0, 0.1) is 18.8 Å². The molecule has 3 atom stereocenters. The topological polar surface area (TPSA) is 39.0 Å². The third kappa shape index (κ3) is 2.01. The molecule has 2 aliphatic rings. The van der Waals surface area contributed by atoms with Crippen molar-refractivity contribution in [2.45, 2.75) is 38.6 Å². The summed E-state index contributed by atoms with van der Waals surface area (Å²) in [4.78, 5) is 12.9. The Bertz CT molecular complexity index is 744. The summed E-state index contributed by atoms with van der Waals surface area (Å²) in [5.41, 5.74) is 2.77. The largest absolute Gasteiger partial charge is 0.376 e. The maximum Gasteiger partial charge on any atom is 0.295 e. The van der Waals surface area contributed by atoms with Gasteiger partial charge in [-0.1, -0.05) is 24.6 Å². The summed E-state index contributed by atoms with van der Waals surface area (Å²) in [6, 6.07) is 10.3. The third-order valence-electron chi connectivity index (χ3n) is 5.62. The van der Waals surface area contributed by atoms with E-state index < -0.39 is 0 Å². The highest BCUT2D eigenvalue weighted by Crippen LogP contribution is 2.45. The Balaban J connectivity index is 1.70. The fraction of sp³-hybridized carbons (Fsp3) is 0.500. The molecule has 4 nitrogen and oxygen atoms in total. The van der Waals surface area contributed by atoms with Crippen LogP contribution in [0.5, 0.6) is 0 Å². The van der Waals surface area contributed by atoms with E-state index in [1.807, 2.05) is 49.0 Å². The summed E-state index contributed by atoms with van der Waals surface area (Å²) < 4.78 is 3.71. The first-order chi connectivity index (χ1) is 10.6. The molecule has 1 N–H and O–H groups in total. The first kappa shape index (κ1) is 13.7. The van der Waals surface area contributed by atoms with Crippen molar-refractivity contribution in [3.63, 3.8) is 0 Å². The fourth-order valence-corrected chi connectivity index (χ4v) is 4.34. The number of aromatic nitrogens is 2. The van der Waals surface area contributed by atoms with E-state index in [2.05, 4.69) is 5.32 Å². The highest BCUT2D eigenvalue weighted by atomic mass is 16.1. The zero-order chi connectivity index (χ0) is 15.3. The fourth-order valence-electron chi connectivity index (χ4n) is 4.34. The maximum atomic E-state index is 12.9. The molecule has 2 saturated carbocycles. The van der Waals surface area contributed by atoms with Gasteiger partial charge in [-0.25, -0.2) is 4.68 Å². The number of benzene rings is 1. The van der Waals surface area contributed by atoms with Gasteiger partial charge in [-0.2, -0.15) is 0 Å². The molecular formula is C18H23N3O. The Morgan fingerprint density at radius 1 is 1.14 bits per heavy atom. The van der Waals surface area contributed by atoms with E-state index in [4.69, 9.17) is 0 Å². The Kier molecular flexibility index (Phi) is 3.13. The second-order valence-corrected chi connectivity index (χ2v) is 6.86. The van der Waals surface area contributed by atoms with E-state index in [9.17, 15) is 4.79 Å². The smallest absolute Gasteiger partial charge is 0.295 e. The molecule has 2 aliphatic carbocycles. The number of nitrogens with one attached hydrogen (secondary N) is 1. The monoisotopic (exact) mass is 297 g/mol. The van der Waals surface area contributed by atoms with Crippen LogP contribution < -0.4 is 10.9 Å². The molecule has 4 heteroatoms. The lowest BCUT2D eigenvalue weighted by Gasteiger charge is -2.23. The molecule has 0 spiro atoms. The molecule has 22 heavy (non-hydrogen) atoms. The van der Waals surface area contributed by atoms with Crippen LogP contribution in [0.3, 0.4) is 0 Å². The van der Waals surface area contributed by atoms with Crippen LogP contribution in [0.15, 0.2) is 35.1 Å². The molecule has 0 amide bonds. The Labute approximate surface area is 130 Å². The van der Waals surface area contributed by atoms with Crippen LogP contribution in [-0.2, 0) is 7.05 Å². The van der Waals surface area contributed by atoms with Gasteiger partial charge in [0.25, 0.3) is 5.56 Å². The highest BCUT2D eigenvalue weighted by Gasteiger charge is 2.40. The molecule has 3 unspecified atom stereocenters. The normalized spacial score (nSPS) is 26.5. The number of para-hydroxylation sites is 1. The van der Waals surface area contributed by atoms with Crippen molar-refractivity contribution >= 4 is 5.69 Å². The van der Waals surface area contributed by atoms with Crippen LogP contribution in [0.25, 0.3) is 5.69 Å². The van der Waals surface area contributed by atoms with Gasteiger partial charge in [0.2, 0.25) is 0 Å². The molecule has 0 aliphatic heterocycles. The van der Waals surface area contributed by atoms with Crippen LogP contribution >= 0.6 is 0 Å². The quantitative estimate of drug-likeness (QED) is 0.945. The predicted octanol–water partition coefficient (Wildman–Crippen LogP) is 3.08. The summed E-state index contributed by atoms with van der Waals surface area (Å²) >= 11 is 0. The number of hydrogen-bond donors (Lipinski definition) is 1. The lowest BCUT2D eigenvalue weighted by Crippen LogP contribution is -2.29. The minimum atomic E-state index is 0.0639. The zero-order valence-electron chi connectivity index (χ0n) is 13.2. The molecule has 2 bridgehead atoms. The second kappa shape index (κ2) is 5.04. The average Bonchev–Trinajstić information content (AvgIpc) is 3.20. The van der Waals surface area contributed by atoms with Gasteiger partial charge in [0.1, 0.15) is 5.69 Å². The molecule has 0 radical (unpaired) electrons. The highest BCUT2D eigenvalue weighted by molar-refractivity contribution is 5.50. The molecule has 4 rings (SSSR count). The molecule has 2 aromatic rings. The van der Waals surface area contributed by atoms with Crippen molar-refractivity contribution in [2.75, 3.05) is 5.32 Å². The van der Waals surface area contributed by atoms with Gasteiger partial charge in [0.05, 0.1) is 11.4 Å². The summed E-state index contributed by atoms with van der Waals surface area (Å²) in [5.74, 6) is 1.64. The Morgan fingerprint density at radius 3 is 2.55 bits per heavy atom. The Hall–Kier alpha value is -1.97. The maximum absolute atomic E-state index is 12.9. The lowest BCUT2D eigenvalue weighted by atomic mass is 9.95. The average molecular weight is 297 g/mol. The van der Waals surface area contributed by atoms with E-state index >= 15 is 0 Å². The molecular weight excluding hydrogens is 274 g/mol. The van der Waals surface area contributed by atoms with E-state index in [1.165, 1.54) is 25.7 Å². The van der Waals surface area contributed by atoms with Gasteiger partial charge < -0.3 is 5.32 Å². The van der Waals surface area contributed by atoms with Gasteiger partial charge in [-0.05, 0) is 50.2 Å². The molecule has 1 aromatic carbocycles. The van der Waals surface area contributed by atoms with E-state index in [1.54, 1.807) is 4.68 Å². The van der Waals surface area contributed by atoms with Crippen molar-refractivity contribution < 1.29 is 0 Å². The number of rotatable bonds is 3. The first-order valence-electron chi connectivity index (χ1n) is 8.25. The van der Waals surface area contributed by atoms with Crippen LogP contribution in [-0.4, -0.2) is 15.4 Å². The van der Waals surface area contributed by atoms with E-state index in [0.29, 0.717) is 6.04 Å². The molecule has 1 aromatic heterocycles. The summed E-state index contributed by atoms with van der Waals surface area (Å²) in [5, 5.41) is 3.59. The Morgan fingerprint density at radius 2 is 1.91 bits per heavy atom. The third-order valence-corrected chi connectivity index (χ3v) is 5.62. The molecule has 116 valence electrons. The van der Waals surface area contributed by atoms with Gasteiger partial charge in [-0.3, -0.25) is 9.48 Å². The van der Waals surface area contributed by atoms with Crippen molar-refractivity contribution in [3.05, 3.63) is 46.4 Å². The van der Waals surface area contributed by atoms with Crippen molar-refractivity contribution in [1.29, 1.82) is 0 Å². The number of hydrogen-bond acceptors (Lipinski definition) is 2. The minimum Gasteiger partial charge on any atom is -0.376 e. The van der Waals surface area contributed by atoms with Crippen molar-refractivity contribution in [1.82, 2.24) is 9.36 Å². The van der Waals surface area contributed by atoms with Crippen LogP contribution in [0.1, 0.15) is 31.4 Å². The zero-order valence-corrected chi connectivity index (χ0v) is 13.2. The number of fused-ring (bicyclic) bond motifs is 2. The van der Waals surface area contributed by atoms with Crippen molar-refractivity contribution in [3.8, 4) is 5.69 Å². The van der Waals surface area contributed by atoms with Crippen LogP contribution in [0.2, 0.25) is 0 Å². The van der Waals surface area contributed by atoms with E-state index in [0.717, 1.165) is 28.9 Å². The molecule has 2 fully saturated rings. The van der Waals surface area contributed by atoms with E-state index in [-0.39, 0.29) is 5.56 Å². The predicted molar refractivity (Wildman–Crippen MR) is 88.6 cm³/mol. The summed E-state index contributed by atoms with van der Waals surface area (Å²) in [6.07, 6.45) is 5.27. The first-order valence-corrected chi connectivity index (χ1v) is 8.25. The van der Waals surface area contributed by atoms with Crippen LogP contribution in [0.4, 0.5) is 5.69 Å². The van der Waals surface area contributed by atoms with Gasteiger partial charge in [-0.15, -0.1) is 0 Å². The second-order valence-electron chi connectivity index (χ2n) is 6.86.